The lowest BCUT2D eigenvalue weighted by Crippen LogP contribution is -2.42. The fourth-order valence-corrected chi connectivity index (χ4v) is 3.08. The fraction of sp³-hybridized carbons (Fsp3) is 0.318. The zero-order chi connectivity index (χ0) is 23.3. The van der Waals surface area contributed by atoms with Gasteiger partial charge in [-0.2, -0.15) is 8.78 Å². The minimum Gasteiger partial charge on any atom is -0.474 e. The van der Waals surface area contributed by atoms with Crippen LogP contribution < -0.4 is 4.74 Å². The molecule has 0 radical (unpaired) electrons. The minimum absolute atomic E-state index is 0.0200. The molecule has 3 rings (SSSR count). The molecule has 2 heterocycles. The summed E-state index contributed by atoms with van der Waals surface area (Å²) in [5.74, 6) is -3.97. The number of hydrogen-bond donors (Lipinski definition) is 0. The summed E-state index contributed by atoms with van der Waals surface area (Å²) in [7, 11) is 0. The Morgan fingerprint density at radius 1 is 1.12 bits per heavy atom. The van der Waals surface area contributed by atoms with Gasteiger partial charge in [0.15, 0.2) is 5.82 Å². The SMILES string of the molecule is CCN(C(=O)c1cccc(F)c1-c1ncccn1)[C@@H](C)COc1cnc(C(C)(F)F)cn1. The Kier molecular flexibility index (Phi) is 7.01. The summed E-state index contributed by atoms with van der Waals surface area (Å²) in [6.07, 6.45) is 4.99. The van der Waals surface area contributed by atoms with Crippen LogP contribution in [0.15, 0.2) is 49.1 Å². The van der Waals surface area contributed by atoms with Gasteiger partial charge >= 0.3 is 0 Å². The van der Waals surface area contributed by atoms with Gasteiger partial charge in [0.1, 0.15) is 18.1 Å². The quantitative estimate of drug-likeness (QED) is 0.519. The zero-order valence-corrected chi connectivity index (χ0v) is 17.8. The summed E-state index contributed by atoms with van der Waals surface area (Å²) in [6.45, 7) is 4.61. The summed E-state index contributed by atoms with van der Waals surface area (Å²) in [4.78, 5) is 30.4. The molecule has 0 aliphatic rings. The molecule has 32 heavy (non-hydrogen) atoms. The van der Waals surface area contributed by atoms with E-state index in [1.807, 2.05) is 0 Å². The number of carbonyl (C=O) groups excluding carboxylic acids is 1. The number of nitrogens with zero attached hydrogens (tertiary/aromatic N) is 5. The standard InChI is InChI=1S/C22H22F3N5O2/c1-4-30(14(2)13-32-18-12-28-17(11-29-18)22(3,24)25)21(31)15-7-5-8-16(23)19(15)20-26-9-6-10-27-20/h5-12,14H,4,13H2,1-3H3/t14-/m0/s1. The van der Waals surface area contributed by atoms with Crippen molar-refractivity contribution in [3.8, 4) is 17.3 Å². The Bertz CT molecular complexity index is 1060. The Balaban J connectivity index is 1.77. The monoisotopic (exact) mass is 445 g/mol. The van der Waals surface area contributed by atoms with Crippen molar-refractivity contribution < 1.29 is 22.7 Å². The van der Waals surface area contributed by atoms with Gasteiger partial charge < -0.3 is 9.64 Å². The maximum atomic E-state index is 14.6. The van der Waals surface area contributed by atoms with Gasteiger partial charge in [0.05, 0.1) is 29.6 Å². The van der Waals surface area contributed by atoms with E-state index in [2.05, 4.69) is 19.9 Å². The van der Waals surface area contributed by atoms with E-state index in [0.29, 0.717) is 6.54 Å². The molecule has 3 aromatic rings. The maximum Gasteiger partial charge on any atom is 0.288 e. The largest absolute Gasteiger partial charge is 0.474 e. The van der Waals surface area contributed by atoms with Crippen LogP contribution in [0.25, 0.3) is 11.4 Å². The zero-order valence-electron chi connectivity index (χ0n) is 17.8. The van der Waals surface area contributed by atoms with E-state index < -0.39 is 29.4 Å². The van der Waals surface area contributed by atoms with Crippen molar-refractivity contribution >= 4 is 5.91 Å². The number of hydrogen-bond acceptors (Lipinski definition) is 6. The number of likely N-dealkylation sites (N-methyl/N-ethyl adjacent to an activating group) is 1. The molecule has 0 fully saturated rings. The first-order chi connectivity index (χ1) is 15.2. The molecular formula is C22H22F3N5O2. The van der Waals surface area contributed by atoms with Crippen molar-refractivity contribution in [3.63, 3.8) is 0 Å². The van der Waals surface area contributed by atoms with Crippen molar-refractivity contribution in [1.82, 2.24) is 24.8 Å². The van der Waals surface area contributed by atoms with Crippen LogP contribution in [0, 0.1) is 5.82 Å². The van der Waals surface area contributed by atoms with Gasteiger partial charge in [0.25, 0.3) is 11.8 Å². The molecule has 1 aromatic carbocycles. The summed E-state index contributed by atoms with van der Waals surface area (Å²) in [6, 6.07) is 5.37. The molecule has 0 bridgehead atoms. The smallest absolute Gasteiger partial charge is 0.288 e. The lowest BCUT2D eigenvalue weighted by Gasteiger charge is -2.28. The molecule has 0 saturated carbocycles. The van der Waals surface area contributed by atoms with Crippen LogP contribution in [-0.4, -0.2) is 49.9 Å². The predicted octanol–water partition coefficient (Wildman–Crippen LogP) is 4.11. The first-order valence-corrected chi connectivity index (χ1v) is 9.92. The second-order valence-electron chi connectivity index (χ2n) is 7.11. The molecule has 1 amide bonds. The van der Waals surface area contributed by atoms with Gasteiger partial charge in [0, 0.05) is 25.9 Å². The molecular weight excluding hydrogens is 423 g/mol. The molecule has 168 valence electrons. The third kappa shape index (κ3) is 5.19. The molecule has 0 unspecified atom stereocenters. The lowest BCUT2D eigenvalue weighted by molar-refractivity contribution is 0.0121. The number of amides is 1. The Hall–Kier alpha value is -3.56. The lowest BCUT2D eigenvalue weighted by atomic mass is 10.0. The first kappa shape index (κ1) is 23.1. The number of halogens is 3. The molecule has 0 aliphatic carbocycles. The van der Waals surface area contributed by atoms with Crippen LogP contribution >= 0.6 is 0 Å². The second-order valence-corrected chi connectivity index (χ2v) is 7.11. The third-order valence-corrected chi connectivity index (χ3v) is 4.72. The minimum atomic E-state index is -3.10. The van der Waals surface area contributed by atoms with E-state index in [1.54, 1.807) is 19.9 Å². The normalized spacial score (nSPS) is 12.3. The summed E-state index contributed by atoms with van der Waals surface area (Å²) in [5.41, 5.74) is -0.323. The highest BCUT2D eigenvalue weighted by Gasteiger charge is 2.27. The average molecular weight is 445 g/mol. The van der Waals surface area contributed by atoms with Crippen molar-refractivity contribution in [2.45, 2.75) is 32.7 Å². The van der Waals surface area contributed by atoms with Crippen LogP contribution in [0.3, 0.4) is 0 Å². The predicted molar refractivity (Wildman–Crippen MR) is 111 cm³/mol. The van der Waals surface area contributed by atoms with Crippen LogP contribution in [0.5, 0.6) is 5.88 Å². The van der Waals surface area contributed by atoms with E-state index in [-0.39, 0.29) is 29.4 Å². The van der Waals surface area contributed by atoms with Crippen LogP contribution in [-0.2, 0) is 5.92 Å². The number of carbonyl (C=O) groups is 1. The molecule has 1 atom stereocenters. The van der Waals surface area contributed by atoms with E-state index in [4.69, 9.17) is 4.74 Å². The van der Waals surface area contributed by atoms with Gasteiger partial charge in [-0.1, -0.05) is 6.07 Å². The molecule has 10 heteroatoms. The Morgan fingerprint density at radius 3 is 2.44 bits per heavy atom. The van der Waals surface area contributed by atoms with E-state index in [0.717, 1.165) is 19.3 Å². The highest BCUT2D eigenvalue weighted by atomic mass is 19.3. The van der Waals surface area contributed by atoms with Crippen LogP contribution in [0.1, 0.15) is 36.8 Å². The molecule has 2 aromatic heterocycles. The van der Waals surface area contributed by atoms with Crippen molar-refractivity contribution in [2.24, 2.45) is 0 Å². The number of rotatable bonds is 8. The number of ether oxygens (including phenoxy) is 1. The molecule has 0 N–H and O–H groups in total. The third-order valence-electron chi connectivity index (χ3n) is 4.72. The van der Waals surface area contributed by atoms with Crippen molar-refractivity contribution in [2.75, 3.05) is 13.2 Å². The van der Waals surface area contributed by atoms with Crippen LogP contribution in [0.2, 0.25) is 0 Å². The van der Waals surface area contributed by atoms with Gasteiger partial charge in [-0.15, -0.1) is 0 Å². The molecule has 7 nitrogen and oxygen atoms in total. The summed E-state index contributed by atoms with van der Waals surface area (Å²) < 4.78 is 46.7. The Labute approximate surface area is 183 Å². The van der Waals surface area contributed by atoms with Gasteiger partial charge in [-0.05, 0) is 32.0 Å². The molecule has 0 spiro atoms. The van der Waals surface area contributed by atoms with Gasteiger partial charge in [-0.3, -0.25) is 4.79 Å². The van der Waals surface area contributed by atoms with E-state index in [1.165, 1.54) is 35.5 Å². The number of aromatic nitrogens is 4. The first-order valence-electron chi connectivity index (χ1n) is 9.92. The van der Waals surface area contributed by atoms with Gasteiger partial charge in [-0.25, -0.2) is 24.3 Å². The number of benzene rings is 1. The van der Waals surface area contributed by atoms with E-state index >= 15 is 0 Å². The highest BCUT2D eigenvalue weighted by Crippen LogP contribution is 2.26. The molecule has 0 aliphatic heterocycles. The average Bonchev–Trinajstić information content (AvgIpc) is 2.78. The van der Waals surface area contributed by atoms with Crippen molar-refractivity contribution in [1.29, 1.82) is 0 Å². The van der Waals surface area contributed by atoms with Crippen molar-refractivity contribution in [3.05, 3.63) is 66.1 Å². The molecule has 0 saturated heterocycles. The Morgan fingerprint density at radius 2 is 1.84 bits per heavy atom. The van der Waals surface area contributed by atoms with Gasteiger partial charge in [0.2, 0.25) is 5.88 Å². The maximum absolute atomic E-state index is 14.6. The second kappa shape index (κ2) is 9.71. The fourth-order valence-electron chi connectivity index (χ4n) is 3.08. The van der Waals surface area contributed by atoms with E-state index in [9.17, 15) is 18.0 Å². The highest BCUT2D eigenvalue weighted by molar-refractivity contribution is 6.00. The topological polar surface area (TPSA) is 81.1 Å². The van der Waals surface area contributed by atoms with Crippen LogP contribution in [0.4, 0.5) is 13.2 Å². The summed E-state index contributed by atoms with van der Waals surface area (Å²) >= 11 is 0. The summed E-state index contributed by atoms with van der Waals surface area (Å²) in [5, 5.41) is 0. The number of alkyl halides is 2.